The maximum Gasteiger partial charge on any atom is 0.332 e. The fourth-order valence-electron chi connectivity index (χ4n) is 1.91. The summed E-state index contributed by atoms with van der Waals surface area (Å²) in [4.78, 5) is 22.3. The molecule has 1 N–H and O–H groups in total. The molecule has 2 aromatic carbocycles. The van der Waals surface area contributed by atoms with E-state index in [9.17, 15) is 9.59 Å². The summed E-state index contributed by atoms with van der Waals surface area (Å²) in [5, 5.41) is 11.2. The highest BCUT2D eigenvalue weighted by Crippen LogP contribution is 2.18. The number of esters is 1. The number of hydrogen-bond acceptors (Lipinski definition) is 3. The number of benzene rings is 2. The highest BCUT2D eigenvalue weighted by molar-refractivity contribution is 5.97. The molecular weight excluding hydrogens is 256 g/mol. The van der Waals surface area contributed by atoms with Crippen molar-refractivity contribution in [3.63, 3.8) is 0 Å². The quantitative estimate of drug-likeness (QED) is 0.685. The largest absolute Gasteiger partial charge is 0.478 e. The zero-order chi connectivity index (χ0) is 14.5. The van der Waals surface area contributed by atoms with Gasteiger partial charge in [-0.3, -0.25) is 4.79 Å². The number of carboxylic acid groups (broad SMARTS) is 1. The van der Waals surface area contributed by atoms with Crippen molar-refractivity contribution in [1.29, 1.82) is 0 Å². The first-order chi connectivity index (χ1) is 9.60. The molecule has 0 aromatic heterocycles. The molecule has 0 saturated heterocycles. The zero-order valence-corrected chi connectivity index (χ0v) is 11.0. The van der Waals surface area contributed by atoms with E-state index in [1.165, 1.54) is 13.2 Å². The molecule has 0 aliphatic heterocycles. The normalized spacial score (nSPS) is 11.3. The molecule has 0 spiro atoms. The van der Waals surface area contributed by atoms with E-state index in [0.717, 1.165) is 16.3 Å². The van der Waals surface area contributed by atoms with Gasteiger partial charge in [-0.25, -0.2) is 4.79 Å². The molecule has 0 atom stereocenters. The molecule has 0 fully saturated rings. The molecule has 0 saturated carbocycles. The Labute approximate surface area is 116 Å². The summed E-state index contributed by atoms with van der Waals surface area (Å²) >= 11 is 0. The summed E-state index contributed by atoms with van der Waals surface area (Å²) in [6.45, 7) is 0. The maximum absolute atomic E-state index is 11.2. The summed E-state index contributed by atoms with van der Waals surface area (Å²) in [5.41, 5.74) is 0.747. The van der Waals surface area contributed by atoms with Crippen LogP contribution in [0, 0.1) is 0 Å². The Bertz CT molecular complexity index is 686. The summed E-state index contributed by atoms with van der Waals surface area (Å²) in [6, 6.07) is 13.4. The van der Waals surface area contributed by atoms with Crippen LogP contribution in [-0.4, -0.2) is 24.2 Å². The number of ether oxygens (including phenoxy) is 1. The molecule has 4 nitrogen and oxygen atoms in total. The lowest BCUT2D eigenvalue weighted by molar-refractivity contribution is -0.142. The van der Waals surface area contributed by atoms with Crippen LogP contribution in [0.2, 0.25) is 0 Å². The lowest BCUT2D eigenvalue weighted by atomic mass is 10.0. The van der Waals surface area contributed by atoms with Gasteiger partial charge in [0.25, 0.3) is 0 Å². The number of carbonyl (C=O) groups is 2. The molecule has 20 heavy (non-hydrogen) atoms. The molecular formula is C16H14O4. The molecule has 2 aromatic rings. The second-order valence-corrected chi connectivity index (χ2v) is 4.33. The van der Waals surface area contributed by atoms with E-state index in [4.69, 9.17) is 5.11 Å². The molecule has 0 bridgehead atoms. The number of aliphatic carboxylic acids is 1. The lowest BCUT2D eigenvalue weighted by Crippen LogP contribution is -2.08. The van der Waals surface area contributed by atoms with Gasteiger partial charge in [0.1, 0.15) is 0 Å². The fraction of sp³-hybridized carbons (Fsp3) is 0.125. The van der Waals surface area contributed by atoms with Crippen LogP contribution in [0.4, 0.5) is 0 Å². The van der Waals surface area contributed by atoms with E-state index < -0.39 is 11.9 Å². The minimum absolute atomic E-state index is 0.00660. The summed E-state index contributed by atoms with van der Waals surface area (Å²) < 4.78 is 4.50. The van der Waals surface area contributed by atoms with Crippen LogP contribution in [0.3, 0.4) is 0 Å². The van der Waals surface area contributed by atoms with Crippen LogP contribution in [0.25, 0.3) is 16.8 Å². The molecule has 2 rings (SSSR count). The Balaban J connectivity index is 2.37. The molecule has 0 unspecified atom stereocenters. The van der Waals surface area contributed by atoms with Gasteiger partial charge < -0.3 is 9.84 Å². The monoisotopic (exact) mass is 270 g/mol. The molecule has 4 heteroatoms. The van der Waals surface area contributed by atoms with Crippen molar-refractivity contribution in [2.24, 2.45) is 0 Å². The first-order valence-electron chi connectivity index (χ1n) is 6.09. The highest BCUT2D eigenvalue weighted by Gasteiger charge is 2.13. The molecule has 0 aliphatic rings. The van der Waals surface area contributed by atoms with Gasteiger partial charge in [0.2, 0.25) is 0 Å². The van der Waals surface area contributed by atoms with Crippen LogP contribution in [0.1, 0.15) is 12.0 Å². The van der Waals surface area contributed by atoms with Crippen LogP contribution in [-0.2, 0) is 14.3 Å². The summed E-state index contributed by atoms with van der Waals surface area (Å²) in [5.74, 6) is -1.69. The van der Waals surface area contributed by atoms with E-state index in [2.05, 4.69) is 4.74 Å². The molecule has 0 radical (unpaired) electrons. The Hall–Kier alpha value is -2.62. The van der Waals surface area contributed by atoms with Crippen molar-refractivity contribution in [2.75, 3.05) is 7.11 Å². The van der Waals surface area contributed by atoms with Crippen LogP contribution in [0.15, 0.2) is 48.0 Å². The average molecular weight is 270 g/mol. The Morgan fingerprint density at radius 3 is 2.50 bits per heavy atom. The van der Waals surface area contributed by atoms with E-state index in [1.54, 1.807) is 0 Å². The smallest absolute Gasteiger partial charge is 0.332 e. The predicted octanol–water partition coefficient (Wildman–Crippen LogP) is 2.87. The molecule has 0 amide bonds. The molecule has 0 aliphatic carbocycles. The summed E-state index contributed by atoms with van der Waals surface area (Å²) in [6.07, 6.45) is 1.24. The number of methoxy groups -OCH3 is 1. The van der Waals surface area contributed by atoms with Gasteiger partial charge in [0, 0.05) is 5.57 Å². The minimum Gasteiger partial charge on any atom is -0.478 e. The second kappa shape index (κ2) is 6.02. The number of rotatable bonds is 4. The third-order valence-corrected chi connectivity index (χ3v) is 2.95. The van der Waals surface area contributed by atoms with E-state index >= 15 is 0 Å². The molecule has 0 heterocycles. The Morgan fingerprint density at radius 2 is 1.85 bits per heavy atom. The van der Waals surface area contributed by atoms with Gasteiger partial charge in [-0.2, -0.15) is 0 Å². The predicted molar refractivity (Wildman–Crippen MR) is 76.2 cm³/mol. The standard InChI is InChI=1S/C16H14O4/c1-20-15(17)10-14(16(18)19)9-11-6-7-12-4-2-3-5-13(12)8-11/h2-9H,10H2,1H3,(H,18,19). The zero-order valence-electron chi connectivity index (χ0n) is 11.0. The van der Waals surface area contributed by atoms with Crippen molar-refractivity contribution in [3.8, 4) is 0 Å². The number of fused-ring (bicyclic) bond motifs is 1. The fourth-order valence-corrected chi connectivity index (χ4v) is 1.91. The third-order valence-electron chi connectivity index (χ3n) is 2.95. The van der Waals surface area contributed by atoms with Crippen molar-refractivity contribution in [1.82, 2.24) is 0 Å². The SMILES string of the molecule is COC(=O)CC(=Cc1ccc2ccccc2c1)C(=O)O. The number of carboxylic acids is 1. The van der Waals surface area contributed by atoms with Crippen LogP contribution in [0.5, 0.6) is 0 Å². The van der Waals surface area contributed by atoms with Crippen LogP contribution < -0.4 is 0 Å². The van der Waals surface area contributed by atoms with Gasteiger partial charge in [-0.15, -0.1) is 0 Å². The van der Waals surface area contributed by atoms with E-state index in [1.807, 2.05) is 42.5 Å². The van der Waals surface area contributed by atoms with E-state index in [-0.39, 0.29) is 12.0 Å². The van der Waals surface area contributed by atoms with Crippen molar-refractivity contribution < 1.29 is 19.4 Å². The van der Waals surface area contributed by atoms with E-state index in [0.29, 0.717) is 0 Å². The third kappa shape index (κ3) is 3.23. The highest BCUT2D eigenvalue weighted by atomic mass is 16.5. The maximum atomic E-state index is 11.2. The van der Waals surface area contributed by atoms with Gasteiger partial charge in [0.15, 0.2) is 0 Å². The van der Waals surface area contributed by atoms with Gasteiger partial charge in [-0.05, 0) is 28.5 Å². The van der Waals surface area contributed by atoms with Crippen molar-refractivity contribution in [3.05, 3.63) is 53.6 Å². The minimum atomic E-state index is -1.12. The van der Waals surface area contributed by atoms with Crippen LogP contribution >= 0.6 is 0 Å². The number of carbonyl (C=O) groups excluding carboxylic acids is 1. The van der Waals surface area contributed by atoms with Crippen molar-refractivity contribution >= 4 is 28.8 Å². The van der Waals surface area contributed by atoms with Crippen molar-refractivity contribution in [2.45, 2.75) is 6.42 Å². The van der Waals surface area contributed by atoms with Gasteiger partial charge >= 0.3 is 11.9 Å². The van der Waals surface area contributed by atoms with Gasteiger partial charge in [-0.1, -0.05) is 36.4 Å². The first kappa shape index (κ1) is 13.8. The topological polar surface area (TPSA) is 63.6 Å². The summed E-state index contributed by atoms with van der Waals surface area (Å²) in [7, 11) is 1.23. The second-order valence-electron chi connectivity index (χ2n) is 4.33. The Kier molecular flexibility index (Phi) is 4.15. The molecule has 102 valence electrons. The average Bonchev–Trinajstić information content (AvgIpc) is 2.46. The Morgan fingerprint density at radius 1 is 1.15 bits per heavy atom. The van der Waals surface area contributed by atoms with Gasteiger partial charge in [0.05, 0.1) is 13.5 Å². The first-order valence-corrected chi connectivity index (χ1v) is 6.09. The lowest BCUT2D eigenvalue weighted by Gasteiger charge is -2.03. The number of hydrogen-bond donors (Lipinski definition) is 1.